The normalized spacial score (nSPS) is 15.7. The van der Waals surface area contributed by atoms with Crippen molar-refractivity contribution >= 4 is 16.8 Å². The van der Waals surface area contributed by atoms with Gasteiger partial charge in [0.15, 0.2) is 11.5 Å². The molecule has 0 N–H and O–H groups in total. The van der Waals surface area contributed by atoms with Gasteiger partial charge in [0, 0.05) is 6.42 Å². The minimum atomic E-state index is -1.67. The zero-order valence-corrected chi connectivity index (χ0v) is 13.8. The van der Waals surface area contributed by atoms with Crippen molar-refractivity contribution in [3.8, 4) is 11.5 Å². The second-order valence-corrected chi connectivity index (χ2v) is 6.43. The van der Waals surface area contributed by atoms with Gasteiger partial charge in [0.25, 0.3) is 0 Å². The number of ether oxygens (including phenoxy) is 2. The first kappa shape index (κ1) is 18.4. The second kappa shape index (κ2) is 7.33. The number of nitrogens with zero attached hydrogens (tertiary/aromatic N) is 1. The van der Waals surface area contributed by atoms with E-state index in [4.69, 9.17) is 9.57 Å². The predicted molar refractivity (Wildman–Crippen MR) is 82.3 cm³/mol. The number of oxime groups is 1. The van der Waals surface area contributed by atoms with E-state index >= 15 is 0 Å². The quantitative estimate of drug-likeness (QED) is 0.324. The molecule has 0 unspecified atom stereocenters. The van der Waals surface area contributed by atoms with Crippen LogP contribution in [0.2, 0.25) is 0 Å². The molecule has 1 aliphatic rings. The summed E-state index contributed by atoms with van der Waals surface area (Å²) in [6, 6.07) is 0. The minimum Gasteiger partial charge on any atom is -0.483 e. The lowest BCUT2D eigenvalue weighted by atomic mass is 10.1. The first-order valence-corrected chi connectivity index (χ1v) is 7.85. The number of benzene rings is 1. The van der Waals surface area contributed by atoms with Crippen molar-refractivity contribution in [1.82, 2.24) is 0 Å². The third kappa shape index (κ3) is 3.95. The molecule has 0 radical (unpaired) electrons. The van der Waals surface area contributed by atoms with Crippen molar-refractivity contribution in [2.45, 2.75) is 25.9 Å². The topological polar surface area (TPSA) is 40.0 Å². The fourth-order valence-corrected chi connectivity index (χ4v) is 2.68. The summed E-state index contributed by atoms with van der Waals surface area (Å²) in [4.78, 5) is 5.11. The molecule has 1 aromatic rings. The van der Waals surface area contributed by atoms with Crippen molar-refractivity contribution in [1.29, 1.82) is 0 Å². The SMILES string of the molecule is C=CCOc1c(F)c(F)c(OCSC2=NOC(C)(C)C2)c(F)c1F. The number of hydrogen-bond acceptors (Lipinski definition) is 5. The van der Waals surface area contributed by atoms with Gasteiger partial charge in [-0.25, -0.2) is 0 Å². The molecule has 0 amide bonds. The molecule has 0 fully saturated rings. The Morgan fingerprint density at radius 1 is 1.12 bits per heavy atom. The molecule has 0 aromatic heterocycles. The zero-order valence-electron chi connectivity index (χ0n) is 13.0. The summed E-state index contributed by atoms with van der Waals surface area (Å²) in [7, 11) is 0. The van der Waals surface area contributed by atoms with E-state index in [0.717, 1.165) is 11.8 Å². The van der Waals surface area contributed by atoms with Crippen LogP contribution < -0.4 is 9.47 Å². The van der Waals surface area contributed by atoms with Crippen molar-refractivity contribution in [3.05, 3.63) is 35.9 Å². The van der Waals surface area contributed by atoms with Gasteiger partial charge in [-0.2, -0.15) is 17.6 Å². The van der Waals surface area contributed by atoms with Crippen LogP contribution in [-0.4, -0.2) is 23.2 Å². The maximum absolute atomic E-state index is 13.9. The molecule has 24 heavy (non-hydrogen) atoms. The van der Waals surface area contributed by atoms with Crippen LogP contribution in [0.3, 0.4) is 0 Å². The Labute approximate surface area is 140 Å². The molecule has 0 atom stereocenters. The van der Waals surface area contributed by atoms with E-state index in [-0.39, 0.29) is 12.5 Å². The number of thioether (sulfide) groups is 1. The lowest BCUT2D eigenvalue weighted by molar-refractivity contribution is 0.0123. The summed E-state index contributed by atoms with van der Waals surface area (Å²) < 4.78 is 64.8. The van der Waals surface area contributed by atoms with Crippen molar-refractivity contribution in [2.75, 3.05) is 12.5 Å². The van der Waals surface area contributed by atoms with Gasteiger partial charge < -0.3 is 14.3 Å². The summed E-state index contributed by atoms with van der Waals surface area (Å²) in [5.74, 6) is -9.27. The Balaban J connectivity index is 2.09. The van der Waals surface area contributed by atoms with Crippen LogP contribution in [0.4, 0.5) is 17.6 Å². The summed E-state index contributed by atoms with van der Waals surface area (Å²) in [6.45, 7) is 6.61. The van der Waals surface area contributed by atoms with E-state index < -0.39 is 40.4 Å². The standard InChI is InChI=1S/C15H15F4NO3S/c1-4-5-21-13-9(16)11(18)14(12(19)10(13)17)22-7-24-8-6-15(2,3)23-20-8/h4H,1,5-7H2,2-3H3. The highest BCUT2D eigenvalue weighted by Crippen LogP contribution is 2.35. The summed E-state index contributed by atoms with van der Waals surface area (Å²) in [6.07, 6.45) is 1.67. The average Bonchev–Trinajstić information content (AvgIpc) is 2.88. The largest absolute Gasteiger partial charge is 0.483 e. The fraction of sp³-hybridized carbons (Fsp3) is 0.400. The van der Waals surface area contributed by atoms with Crippen LogP contribution in [0, 0.1) is 23.3 Å². The third-order valence-electron chi connectivity index (χ3n) is 2.93. The molecule has 0 saturated carbocycles. The van der Waals surface area contributed by atoms with Crippen molar-refractivity contribution in [2.24, 2.45) is 5.16 Å². The molecule has 9 heteroatoms. The number of hydrogen-bond donors (Lipinski definition) is 0. The number of rotatable bonds is 6. The lowest BCUT2D eigenvalue weighted by Gasteiger charge is -2.14. The Kier molecular flexibility index (Phi) is 5.63. The highest BCUT2D eigenvalue weighted by molar-refractivity contribution is 8.13. The van der Waals surface area contributed by atoms with Crippen LogP contribution in [0.15, 0.2) is 17.8 Å². The Morgan fingerprint density at radius 2 is 1.67 bits per heavy atom. The van der Waals surface area contributed by atoms with Crippen LogP contribution >= 0.6 is 11.8 Å². The molecule has 1 aromatic carbocycles. The predicted octanol–water partition coefficient (Wildman–Crippen LogP) is 4.39. The second-order valence-electron chi connectivity index (χ2n) is 5.43. The van der Waals surface area contributed by atoms with Crippen molar-refractivity contribution < 1.29 is 31.9 Å². The maximum Gasteiger partial charge on any atom is 0.207 e. The van der Waals surface area contributed by atoms with Gasteiger partial charge in [0.2, 0.25) is 23.3 Å². The molecular formula is C15H15F4NO3S. The van der Waals surface area contributed by atoms with E-state index in [0.29, 0.717) is 11.5 Å². The molecule has 0 bridgehead atoms. The third-order valence-corrected chi connectivity index (χ3v) is 3.72. The first-order chi connectivity index (χ1) is 11.3. The van der Waals surface area contributed by atoms with Gasteiger partial charge in [0.05, 0.1) is 0 Å². The van der Waals surface area contributed by atoms with Crippen LogP contribution in [0.5, 0.6) is 11.5 Å². The monoisotopic (exact) mass is 365 g/mol. The van der Waals surface area contributed by atoms with Crippen LogP contribution in [-0.2, 0) is 4.84 Å². The zero-order chi connectivity index (χ0) is 17.9. The maximum atomic E-state index is 13.9. The first-order valence-electron chi connectivity index (χ1n) is 6.87. The van der Waals surface area contributed by atoms with Gasteiger partial charge in [0.1, 0.15) is 23.2 Å². The summed E-state index contributed by atoms with van der Waals surface area (Å²) in [5.41, 5.74) is -0.471. The van der Waals surface area contributed by atoms with Gasteiger partial charge in [-0.15, -0.1) is 0 Å². The highest BCUT2D eigenvalue weighted by atomic mass is 32.2. The molecule has 0 spiro atoms. The molecule has 4 nitrogen and oxygen atoms in total. The molecule has 132 valence electrons. The highest BCUT2D eigenvalue weighted by Gasteiger charge is 2.30. The van der Waals surface area contributed by atoms with E-state index in [9.17, 15) is 17.6 Å². The Morgan fingerprint density at radius 3 is 2.12 bits per heavy atom. The molecule has 2 rings (SSSR count). The van der Waals surface area contributed by atoms with Gasteiger partial charge in [-0.3, -0.25) is 0 Å². The Hall–Kier alpha value is -1.90. The lowest BCUT2D eigenvalue weighted by Crippen LogP contribution is -2.18. The van der Waals surface area contributed by atoms with E-state index in [2.05, 4.69) is 16.5 Å². The van der Waals surface area contributed by atoms with Gasteiger partial charge in [-0.05, 0) is 13.8 Å². The van der Waals surface area contributed by atoms with Gasteiger partial charge in [-0.1, -0.05) is 29.6 Å². The van der Waals surface area contributed by atoms with E-state index in [1.807, 2.05) is 13.8 Å². The molecule has 1 aliphatic heterocycles. The van der Waals surface area contributed by atoms with Crippen molar-refractivity contribution in [3.63, 3.8) is 0 Å². The van der Waals surface area contributed by atoms with E-state index in [1.54, 1.807) is 0 Å². The van der Waals surface area contributed by atoms with Gasteiger partial charge >= 0.3 is 0 Å². The van der Waals surface area contributed by atoms with Crippen LogP contribution in [0.25, 0.3) is 0 Å². The number of halogens is 4. The van der Waals surface area contributed by atoms with E-state index in [1.165, 1.54) is 6.08 Å². The summed E-state index contributed by atoms with van der Waals surface area (Å²) in [5, 5.41) is 4.33. The fourth-order valence-electron chi connectivity index (χ4n) is 1.82. The minimum absolute atomic E-state index is 0.294. The molecule has 1 heterocycles. The molecule has 0 aliphatic carbocycles. The average molecular weight is 365 g/mol. The van der Waals surface area contributed by atoms with Crippen LogP contribution in [0.1, 0.15) is 20.3 Å². The Bertz CT molecular complexity index is 650. The molecule has 0 saturated heterocycles. The smallest absolute Gasteiger partial charge is 0.207 e. The summed E-state index contributed by atoms with van der Waals surface area (Å²) >= 11 is 1.01. The molecular weight excluding hydrogens is 350 g/mol.